The van der Waals surface area contributed by atoms with Crippen LogP contribution in [-0.2, 0) is 17.9 Å². The molecule has 3 aromatic carbocycles. The minimum absolute atomic E-state index is 0.283. The maximum atomic E-state index is 14.0. The van der Waals surface area contributed by atoms with Crippen LogP contribution in [0.4, 0.5) is 14.5 Å². The molecule has 8 heteroatoms. The second-order valence-corrected chi connectivity index (χ2v) is 12.5. The number of benzene rings is 3. The van der Waals surface area contributed by atoms with Gasteiger partial charge in [0.25, 0.3) is 0 Å². The van der Waals surface area contributed by atoms with Gasteiger partial charge in [-0.25, -0.2) is 8.78 Å². The Morgan fingerprint density at radius 3 is 2.37 bits per heavy atom. The van der Waals surface area contributed by atoms with Crippen LogP contribution in [0.3, 0.4) is 0 Å². The van der Waals surface area contributed by atoms with Crippen molar-refractivity contribution in [1.82, 2.24) is 5.32 Å². The third kappa shape index (κ3) is 8.34. The van der Waals surface area contributed by atoms with E-state index in [1.54, 1.807) is 18.7 Å². The molecule has 0 saturated carbocycles. The molecule has 0 saturated heterocycles. The largest absolute Gasteiger partial charge is 0.480 e. The quantitative estimate of drug-likeness (QED) is 0.173. The number of aliphatic hydroxyl groups is 1. The van der Waals surface area contributed by atoms with Crippen LogP contribution in [0.15, 0.2) is 84.5 Å². The summed E-state index contributed by atoms with van der Waals surface area (Å²) in [5.74, 6) is -1.25. The number of carboxylic acid groups (broad SMARTS) is 1. The number of allylic oxidation sites excluding steroid dienone is 4. The number of nitrogens with zero attached hydrogens (tertiary/aromatic N) is 1. The Balaban J connectivity index is 1.73. The van der Waals surface area contributed by atoms with Crippen molar-refractivity contribution in [2.45, 2.75) is 58.5 Å². The first-order chi connectivity index (χ1) is 20.5. The number of carbonyl (C=O) groups is 1. The first-order valence-electron chi connectivity index (χ1n) is 14.4. The zero-order chi connectivity index (χ0) is 31.1. The molecule has 0 fully saturated rings. The van der Waals surface area contributed by atoms with Gasteiger partial charge in [0.2, 0.25) is 0 Å². The normalized spacial score (nSPS) is 17.0. The molecule has 43 heavy (non-hydrogen) atoms. The summed E-state index contributed by atoms with van der Waals surface area (Å²) in [6.45, 7) is 6.52. The lowest BCUT2D eigenvalue weighted by molar-refractivity contribution is -0.146. The summed E-state index contributed by atoms with van der Waals surface area (Å²) in [4.78, 5) is 14.3. The van der Waals surface area contributed by atoms with Gasteiger partial charge in [-0.05, 0) is 103 Å². The smallest absolute Gasteiger partial charge is 0.323 e. The van der Waals surface area contributed by atoms with E-state index in [-0.39, 0.29) is 6.54 Å². The Bertz CT molecular complexity index is 1470. The van der Waals surface area contributed by atoms with Crippen molar-refractivity contribution in [2.24, 2.45) is 5.92 Å². The maximum absolute atomic E-state index is 14.0. The number of carboxylic acids is 1. The van der Waals surface area contributed by atoms with Crippen molar-refractivity contribution in [1.29, 1.82) is 0 Å². The van der Waals surface area contributed by atoms with Gasteiger partial charge in [0, 0.05) is 30.4 Å². The van der Waals surface area contributed by atoms with Crippen LogP contribution in [0.2, 0.25) is 0 Å². The van der Waals surface area contributed by atoms with Gasteiger partial charge >= 0.3 is 5.97 Å². The van der Waals surface area contributed by atoms with Crippen molar-refractivity contribution < 1.29 is 23.8 Å². The number of thioether (sulfide) groups is 1. The highest BCUT2D eigenvalue weighted by atomic mass is 32.2. The molecular formula is C35H40F2N2O3S. The van der Waals surface area contributed by atoms with Crippen LogP contribution in [0.25, 0.3) is 5.57 Å². The second kappa shape index (κ2) is 14.3. The van der Waals surface area contributed by atoms with E-state index in [1.165, 1.54) is 12.1 Å². The Kier molecular flexibility index (Phi) is 10.8. The van der Waals surface area contributed by atoms with Crippen molar-refractivity contribution in [3.63, 3.8) is 0 Å². The lowest BCUT2D eigenvalue weighted by Gasteiger charge is -2.31. The zero-order valence-corrected chi connectivity index (χ0v) is 25.9. The Hall–Kier alpha value is -3.46. The number of aliphatic hydroxyl groups excluding tert-OH is 1. The average molecular weight is 607 g/mol. The number of halogens is 2. The van der Waals surface area contributed by atoms with Gasteiger partial charge in [0.1, 0.15) is 23.4 Å². The minimum Gasteiger partial charge on any atom is -0.480 e. The molecule has 3 aromatic rings. The Morgan fingerprint density at radius 2 is 1.74 bits per heavy atom. The van der Waals surface area contributed by atoms with E-state index in [1.807, 2.05) is 66.6 Å². The van der Waals surface area contributed by atoms with E-state index in [2.05, 4.69) is 24.4 Å². The van der Waals surface area contributed by atoms with Gasteiger partial charge in [0.15, 0.2) is 0 Å². The van der Waals surface area contributed by atoms with E-state index < -0.39 is 29.4 Å². The fourth-order valence-corrected chi connectivity index (χ4v) is 6.10. The van der Waals surface area contributed by atoms with E-state index in [4.69, 9.17) is 0 Å². The van der Waals surface area contributed by atoms with Crippen molar-refractivity contribution >= 4 is 29.0 Å². The van der Waals surface area contributed by atoms with Crippen molar-refractivity contribution in [3.8, 4) is 0 Å². The van der Waals surface area contributed by atoms with Gasteiger partial charge in [-0.2, -0.15) is 11.8 Å². The highest BCUT2D eigenvalue weighted by Gasteiger charge is 2.35. The summed E-state index contributed by atoms with van der Waals surface area (Å²) in [5, 5.41) is 24.4. The third-order valence-corrected chi connectivity index (χ3v) is 8.49. The van der Waals surface area contributed by atoms with Crippen LogP contribution >= 0.6 is 11.8 Å². The number of aliphatic carboxylic acids is 1. The Labute approximate surface area is 257 Å². The monoisotopic (exact) mass is 606 g/mol. The van der Waals surface area contributed by atoms with E-state index in [9.17, 15) is 23.8 Å². The van der Waals surface area contributed by atoms with Crippen LogP contribution in [-0.4, -0.2) is 33.7 Å². The van der Waals surface area contributed by atoms with Gasteiger partial charge in [-0.15, -0.1) is 0 Å². The van der Waals surface area contributed by atoms with Crippen molar-refractivity contribution in [2.75, 3.05) is 16.9 Å². The molecule has 0 spiro atoms. The highest BCUT2D eigenvalue weighted by Crippen LogP contribution is 2.36. The first-order valence-corrected chi connectivity index (χ1v) is 15.8. The summed E-state index contributed by atoms with van der Waals surface area (Å²) >= 11 is 1.56. The molecule has 2 unspecified atom stereocenters. The molecule has 4 rings (SSSR count). The molecule has 0 aliphatic heterocycles. The van der Waals surface area contributed by atoms with E-state index in [0.29, 0.717) is 35.8 Å². The summed E-state index contributed by atoms with van der Waals surface area (Å²) in [6, 6.07) is 19.0. The maximum Gasteiger partial charge on any atom is 0.323 e. The standard InChI is InChI=1S/C35H40F2N2O3S/c1-23-10-12-30(24(2)16-23)32-19-25(11-13-31(32)33(40)38-35(3,34(41)42)14-15-43-4)21-39(29-8-6-5-7-9-29)22-26-17-27(36)20-28(37)18-26/h5-9,11-13,16-20,23,33,38,40H,10,14-15,21-22H2,1-4H3,(H,41,42)/t23?,33?,35-/m0/s1. The second-order valence-electron chi connectivity index (χ2n) is 11.5. The highest BCUT2D eigenvalue weighted by molar-refractivity contribution is 7.98. The molecule has 5 nitrogen and oxygen atoms in total. The lowest BCUT2D eigenvalue weighted by atomic mass is 9.85. The fraction of sp³-hybridized carbons (Fsp3) is 0.343. The number of para-hydroxylation sites is 1. The number of hydrogen-bond acceptors (Lipinski definition) is 5. The summed E-state index contributed by atoms with van der Waals surface area (Å²) in [6.07, 6.45) is 6.27. The van der Waals surface area contributed by atoms with E-state index in [0.717, 1.165) is 40.4 Å². The van der Waals surface area contributed by atoms with Crippen LogP contribution in [0, 0.1) is 17.6 Å². The molecule has 1 aliphatic rings. The van der Waals surface area contributed by atoms with Gasteiger partial charge in [0.05, 0.1) is 0 Å². The molecule has 0 radical (unpaired) electrons. The minimum atomic E-state index is -1.32. The van der Waals surface area contributed by atoms with E-state index >= 15 is 0 Å². The van der Waals surface area contributed by atoms with Crippen LogP contribution < -0.4 is 10.2 Å². The molecule has 0 bridgehead atoms. The molecule has 3 atom stereocenters. The number of hydrogen-bond donors (Lipinski definition) is 3. The summed E-state index contributed by atoms with van der Waals surface area (Å²) < 4.78 is 28.1. The molecular weight excluding hydrogens is 566 g/mol. The first kappa shape index (κ1) is 32.5. The van der Waals surface area contributed by atoms with Crippen LogP contribution in [0.5, 0.6) is 0 Å². The number of rotatable bonds is 13. The number of nitrogens with one attached hydrogen (secondary N) is 1. The average Bonchev–Trinajstić information content (AvgIpc) is 2.95. The predicted octanol–water partition coefficient (Wildman–Crippen LogP) is 7.72. The SMILES string of the molecule is CSCC[C@](C)(NC(O)c1ccc(CN(Cc2cc(F)cc(F)c2)c2ccccc2)cc1C1=CCC(C)C=C1C)C(=O)O. The topological polar surface area (TPSA) is 72.8 Å². The van der Waals surface area contributed by atoms with Crippen LogP contribution in [0.1, 0.15) is 62.1 Å². The molecule has 0 aromatic heterocycles. The third-order valence-electron chi connectivity index (χ3n) is 7.88. The van der Waals surface area contributed by atoms with Crippen molar-refractivity contribution in [3.05, 3.63) is 118 Å². The van der Waals surface area contributed by atoms with Gasteiger partial charge in [-0.3, -0.25) is 10.1 Å². The Morgan fingerprint density at radius 1 is 1.07 bits per heavy atom. The molecule has 228 valence electrons. The fourth-order valence-electron chi connectivity index (χ4n) is 5.49. The van der Waals surface area contributed by atoms with Gasteiger partial charge in [-0.1, -0.05) is 49.4 Å². The number of anilines is 1. The molecule has 3 N–H and O–H groups in total. The predicted molar refractivity (Wildman–Crippen MR) is 172 cm³/mol. The molecule has 1 aliphatic carbocycles. The molecule has 0 amide bonds. The summed E-state index contributed by atoms with van der Waals surface area (Å²) in [5.41, 5.74) is 4.52. The zero-order valence-electron chi connectivity index (χ0n) is 25.1. The summed E-state index contributed by atoms with van der Waals surface area (Å²) in [7, 11) is 0. The molecule has 0 heterocycles. The van der Waals surface area contributed by atoms with Gasteiger partial charge < -0.3 is 15.1 Å². The lowest BCUT2D eigenvalue weighted by Crippen LogP contribution is -2.51.